The lowest BCUT2D eigenvalue weighted by Gasteiger charge is -2.34. The molecule has 0 radical (unpaired) electrons. The highest BCUT2D eigenvalue weighted by molar-refractivity contribution is 7.89. The van der Waals surface area contributed by atoms with Gasteiger partial charge < -0.3 is 14.7 Å². The SMILES string of the molecule is COCCNS(=O)(=O)c1ccc(C)c(C(=O)N2CCC(C(O)c3ccccc3)CC2)c1. The molecule has 168 valence electrons. The van der Waals surface area contributed by atoms with Crippen LogP contribution in [0.4, 0.5) is 0 Å². The van der Waals surface area contributed by atoms with Crippen molar-refractivity contribution >= 4 is 15.9 Å². The van der Waals surface area contributed by atoms with Crippen molar-refractivity contribution in [3.8, 4) is 0 Å². The Morgan fingerprint density at radius 2 is 1.87 bits per heavy atom. The molecule has 1 unspecified atom stereocenters. The average molecular weight is 447 g/mol. The van der Waals surface area contributed by atoms with Crippen LogP contribution in [0.1, 0.15) is 40.4 Å². The van der Waals surface area contributed by atoms with E-state index in [0.29, 0.717) is 31.5 Å². The van der Waals surface area contributed by atoms with Crippen molar-refractivity contribution in [3.05, 3.63) is 65.2 Å². The Morgan fingerprint density at radius 1 is 1.19 bits per heavy atom. The maximum Gasteiger partial charge on any atom is 0.254 e. The van der Waals surface area contributed by atoms with E-state index in [2.05, 4.69) is 4.72 Å². The van der Waals surface area contributed by atoms with Crippen molar-refractivity contribution in [1.82, 2.24) is 9.62 Å². The zero-order chi connectivity index (χ0) is 22.4. The van der Waals surface area contributed by atoms with Gasteiger partial charge in [0.25, 0.3) is 5.91 Å². The van der Waals surface area contributed by atoms with Crippen LogP contribution < -0.4 is 4.72 Å². The van der Waals surface area contributed by atoms with Gasteiger partial charge in [-0.15, -0.1) is 0 Å². The molecule has 1 heterocycles. The maximum atomic E-state index is 13.1. The van der Waals surface area contributed by atoms with E-state index in [0.717, 1.165) is 11.1 Å². The predicted octanol–water partition coefficient (Wildman–Crippen LogP) is 2.51. The van der Waals surface area contributed by atoms with Gasteiger partial charge in [0.1, 0.15) is 0 Å². The topological polar surface area (TPSA) is 95.9 Å². The summed E-state index contributed by atoms with van der Waals surface area (Å²) < 4.78 is 32.4. The molecule has 0 aliphatic carbocycles. The van der Waals surface area contributed by atoms with Crippen LogP contribution in [0.3, 0.4) is 0 Å². The Morgan fingerprint density at radius 3 is 2.52 bits per heavy atom. The van der Waals surface area contributed by atoms with Gasteiger partial charge in [-0.1, -0.05) is 36.4 Å². The predicted molar refractivity (Wildman–Crippen MR) is 118 cm³/mol. The molecule has 2 aromatic rings. The molecule has 3 rings (SSSR count). The molecular weight excluding hydrogens is 416 g/mol. The van der Waals surface area contributed by atoms with Crippen molar-refractivity contribution in [1.29, 1.82) is 0 Å². The fraction of sp³-hybridized carbons (Fsp3) is 0.435. The van der Waals surface area contributed by atoms with Gasteiger partial charge in [-0.2, -0.15) is 0 Å². The number of amides is 1. The van der Waals surface area contributed by atoms with Gasteiger partial charge in [-0.3, -0.25) is 4.79 Å². The van der Waals surface area contributed by atoms with E-state index in [1.165, 1.54) is 19.2 Å². The number of hydrogen-bond donors (Lipinski definition) is 2. The summed E-state index contributed by atoms with van der Waals surface area (Å²) in [6.45, 7) is 3.27. The van der Waals surface area contributed by atoms with Gasteiger partial charge in [0.2, 0.25) is 10.0 Å². The number of carbonyl (C=O) groups is 1. The Bertz CT molecular complexity index is 986. The molecule has 1 saturated heterocycles. The van der Waals surface area contributed by atoms with E-state index in [-0.39, 0.29) is 29.9 Å². The van der Waals surface area contributed by atoms with Crippen LogP contribution in [-0.4, -0.2) is 57.7 Å². The van der Waals surface area contributed by atoms with Crippen molar-refractivity contribution < 1.29 is 23.1 Å². The molecule has 0 bridgehead atoms. The summed E-state index contributed by atoms with van der Waals surface area (Å²) in [5, 5.41) is 10.7. The van der Waals surface area contributed by atoms with Crippen LogP contribution in [0.2, 0.25) is 0 Å². The second-order valence-corrected chi connectivity index (χ2v) is 9.62. The number of nitrogens with zero attached hydrogens (tertiary/aromatic N) is 1. The second kappa shape index (κ2) is 10.4. The monoisotopic (exact) mass is 446 g/mol. The fourth-order valence-electron chi connectivity index (χ4n) is 3.87. The number of aliphatic hydroxyl groups excluding tert-OH is 1. The number of sulfonamides is 1. The number of methoxy groups -OCH3 is 1. The van der Waals surface area contributed by atoms with Gasteiger partial charge >= 0.3 is 0 Å². The van der Waals surface area contributed by atoms with E-state index < -0.39 is 16.1 Å². The fourth-order valence-corrected chi connectivity index (χ4v) is 4.91. The van der Waals surface area contributed by atoms with E-state index in [4.69, 9.17) is 4.74 Å². The molecule has 0 aromatic heterocycles. The standard InChI is InChI=1S/C23H30N2O5S/c1-17-8-9-20(31(28,29)24-12-15-30-2)16-21(17)23(27)25-13-10-19(11-14-25)22(26)18-6-4-3-5-7-18/h3-9,16,19,22,24,26H,10-15H2,1-2H3. The average Bonchev–Trinajstić information content (AvgIpc) is 2.79. The number of hydrogen-bond acceptors (Lipinski definition) is 5. The Hall–Kier alpha value is -2.26. The summed E-state index contributed by atoms with van der Waals surface area (Å²) in [7, 11) is -2.22. The number of nitrogens with one attached hydrogen (secondary N) is 1. The Kier molecular flexibility index (Phi) is 7.83. The quantitative estimate of drug-likeness (QED) is 0.608. The second-order valence-electron chi connectivity index (χ2n) is 7.85. The molecule has 1 fully saturated rings. The lowest BCUT2D eigenvalue weighted by molar-refractivity contribution is 0.0461. The first kappa shape index (κ1) is 23.4. The van der Waals surface area contributed by atoms with Gasteiger partial charge in [-0.25, -0.2) is 13.1 Å². The number of rotatable bonds is 8. The van der Waals surface area contributed by atoms with Gasteiger partial charge in [0, 0.05) is 32.3 Å². The molecule has 31 heavy (non-hydrogen) atoms. The molecular formula is C23H30N2O5S. The first-order chi connectivity index (χ1) is 14.8. The molecule has 1 atom stereocenters. The number of aliphatic hydroxyl groups is 1. The van der Waals surface area contributed by atoms with Crippen LogP contribution in [0.5, 0.6) is 0 Å². The van der Waals surface area contributed by atoms with E-state index in [1.807, 2.05) is 30.3 Å². The minimum absolute atomic E-state index is 0.0620. The number of carbonyl (C=O) groups excluding carboxylic acids is 1. The van der Waals surface area contributed by atoms with E-state index in [1.54, 1.807) is 17.9 Å². The molecule has 2 aromatic carbocycles. The minimum atomic E-state index is -3.72. The molecule has 1 amide bonds. The van der Waals surface area contributed by atoms with Crippen LogP contribution in [0, 0.1) is 12.8 Å². The number of likely N-dealkylation sites (tertiary alicyclic amines) is 1. The first-order valence-corrected chi connectivity index (χ1v) is 11.9. The summed E-state index contributed by atoms with van der Waals surface area (Å²) >= 11 is 0. The third-order valence-corrected chi connectivity index (χ3v) is 7.22. The van der Waals surface area contributed by atoms with Crippen molar-refractivity contribution in [2.24, 2.45) is 5.92 Å². The summed E-state index contributed by atoms with van der Waals surface area (Å²) in [5.74, 6) is -0.0941. The van der Waals surface area contributed by atoms with Gasteiger partial charge in [0.15, 0.2) is 0 Å². The lowest BCUT2D eigenvalue weighted by atomic mass is 9.87. The zero-order valence-electron chi connectivity index (χ0n) is 18.0. The maximum absolute atomic E-state index is 13.1. The Balaban J connectivity index is 1.68. The lowest BCUT2D eigenvalue weighted by Crippen LogP contribution is -2.40. The highest BCUT2D eigenvalue weighted by Gasteiger charge is 2.29. The van der Waals surface area contributed by atoms with Crippen molar-refractivity contribution in [3.63, 3.8) is 0 Å². The van der Waals surface area contributed by atoms with Crippen molar-refractivity contribution in [2.75, 3.05) is 33.4 Å². The van der Waals surface area contributed by atoms with Crippen molar-refractivity contribution in [2.45, 2.75) is 30.8 Å². The van der Waals surface area contributed by atoms with Gasteiger partial charge in [-0.05, 0) is 48.9 Å². The normalized spacial score (nSPS) is 16.3. The van der Waals surface area contributed by atoms with E-state index in [9.17, 15) is 18.3 Å². The molecule has 1 aliphatic rings. The molecule has 0 spiro atoms. The number of benzene rings is 2. The Labute approximate surface area is 184 Å². The minimum Gasteiger partial charge on any atom is -0.388 e. The summed E-state index contributed by atoms with van der Waals surface area (Å²) in [4.78, 5) is 14.9. The number of piperidine rings is 1. The number of aryl methyl sites for hydroxylation is 1. The van der Waals surface area contributed by atoms with Crippen LogP contribution in [-0.2, 0) is 14.8 Å². The molecule has 2 N–H and O–H groups in total. The smallest absolute Gasteiger partial charge is 0.254 e. The first-order valence-electron chi connectivity index (χ1n) is 10.4. The third kappa shape index (κ3) is 5.71. The van der Waals surface area contributed by atoms with Crippen LogP contribution in [0.25, 0.3) is 0 Å². The zero-order valence-corrected chi connectivity index (χ0v) is 18.8. The largest absolute Gasteiger partial charge is 0.388 e. The highest BCUT2D eigenvalue weighted by atomic mass is 32.2. The van der Waals surface area contributed by atoms with E-state index >= 15 is 0 Å². The van der Waals surface area contributed by atoms with Crippen LogP contribution in [0.15, 0.2) is 53.4 Å². The summed E-state index contributed by atoms with van der Waals surface area (Å²) in [6, 6.07) is 14.2. The molecule has 7 nitrogen and oxygen atoms in total. The molecule has 1 aliphatic heterocycles. The molecule has 8 heteroatoms. The summed E-state index contributed by atoms with van der Waals surface area (Å²) in [5.41, 5.74) is 2.01. The summed E-state index contributed by atoms with van der Waals surface area (Å²) in [6.07, 6.45) is 0.835. The highest BCUT2D eigenvalue weighted by Crippen LogP contribution is 2.31. The number of ether oxygens (including phenoxy) is 1. The third-order valence-electron chi connectivity index (χ3n) is 5.76. The molecule has 0 saturated carbocycles. The van der Waals surface area contributed by atoms with Crippen LogP contribution >= 0.6 is 0 Å². The van der Waals surface area contributed by atoms with Gasteiger partial charge in [0.05, 0.1) is 17.6 Å².